The smallest absolute Gasteiger partial charge is 0.403 e. The fourth-order valence-corrected chi connectivity index (χ4v) is 3.59. The van der Waals surface area contributed by atoms with Gasteiger partial charge in [-0.2, -0.15) is 0 Å². The van der Waals surface area contributed by atoms with E-state index in [2.05, 4.69) is 0 Å². The van der Waals surface area contributed by atoms with Gasteiger partial charge < -0.3 is 9.31 Å². The van der Waals surface area contributed by atoms with Crippen molar-refractivity contribution in [2.24, 2.45) is 0 Å². The summed E-state index contributed by atoms with van der Waals surface area (Å²) in [4.78, 5) is 0. The maximum atomic E-state index is 5.97. The molecule has 66 valence electrons. The van der Waals surface area contributed by atoms with Crippen LogP contribution in [0.25, 0.3) is 0 Å². The fraction of sp³-hybridized carbons (Fsp3) is 1.00. The molecule has 1 aliphatic heterocycles. The molecule has 3 fully saturated rings. The third-order valence-corrected chi connectivity index (χ3v) is 3.94. The summed E-state index contributed by atoms with van der Waals surface area (Å²) in [7, 11) is 0.0469. The largest absolute Gasteiger partial charge is 0.454 e. The van der Waals surface area contributed by atoms with Gasteiger partial charge in [-0.05, 0) is 45.3 Å². The Labute approximate surface area is 73.8 Å². The Hall–Kier alpha value is -0.0151. The molecule has 0 unspecified atom stereocenters. The highest BCUT2D eigenvalue weighted by Gasteiger charge is 2.65. The number of rotatable bonds is 0. The van der Waals surface area contributed by atoms with Crippen molar-refractivity contribution in [1.82, 2.24) is 0 Å². The molecule has 0 atom stereocenters. The molecule has 0 amide bonds. The van der Waals surface area contributed by atoms with Gasteiger partial charge in [0.05, 0.1) is 11.2 Å². The Kier molecular flexibility index (Phi) is 1.28. The summed E-state index contributed by atoms with van der Waals surface area (Å²) in [6.45, 7) is 2.03. The van der Waals surface area contributed by atoms with E-state index in [1.807, 2.05) is 6.82 Å². The third-order valence-electron chi connectivity index (χ3n) is 3.94. The molecule has 0 aromatic heterocycles. The van der Waals surface area contributed by atoms with Gasteiger partial charge in [0.1, 0.15) is 0 Å². The molecule has 0 N–H and O–H groups in total. The van der Waals surface area contributed by atoms with Gasteiger partial charge in [-0.1, -0.05) is 0 Å². The standard InChI is InChI=1S/C9H15BO2/c1-10-11-8-4-2-5-9(8,12-10)7-3-6-8/h2-7H2,1H3. The molecule has 2 nitrogen and oxygen atoms in total. The molecule has 0 bridgehead atoms. The van der Waals surface area contributed by atoms with Crippen molar-refractivity contribution >= 4 is 7.12 Å². The van der Waals surface area contributed by atoms with Gasteiger partial charge in [-0.3, -0.25) is 0 Å². The summed E-state index contributed by atoms with van der Waals surface area (Å²) >= 11 is 0. The average molecular weight is 166 g/mol. The van der Waals surface area contributed by atoms with Gasteiger partial charge >= 0.3 is 7.12 Å². The minimum Gasteiger partial charge on any atom is -0.403 e. The highest BCUT2D eigenvalue weighted by molar-refractivity contribution is 6.43. The van der Waals surface area contributed by atoms with Crippen LogP contribution in [0.5, 0.6) is 0 Å². The quantitative estimate of drug-likeness (QED) is 0.512. The predicted octanol–water partition coefficient (Wildman–Crippen LogP) is 2.00. The third kappa shape index (κ3) is 0.659. The van der Waals surface area contributed by atoms with Crippen LogP contribution in [-0.4, -0.2) is 18.3 Å². The van der Waals surface area contributed by atoms with Crippen LogP contribution in [0.4, 0.5) is 0 Å². The summed E-state index contributed by atoms with van der Waals surface area (Å²) < 4.78 is 11.9. The molecule has 3 rings (SSSR count). The normalized spacial score (nSPS) is 51.2. The zero-order valence-corrected chi connectivity index (χ0v) is 7.64. The lowest BCUT2D eigenvalue weighted by Crippen LogP contribution is -2.41. The molecule has 2 saturated carbocycles. The second-order valence-electron chi connectivity index (χ2n) is 4.50. The van der Waals surface area contributed by atoms with E-state index < -0.39 is 0 Å². The van der Waals surface area contributed by atoms with Crippen molar-refractivity contribution in [2.75, 3.05) is 0 Å². The lowest BCUT2D eigenvalue weighted by molar-refractivity contribution is 0.00578. The van der Waals surface area contributed by atoms with Crippen LogP contribution in [0.2, 0.25) is 6.82 Å². The Morgan fingerprint density at radius 2 is 1.33 bits per heavy atom. The van der Waals surface area contributed by atoms with Gasteiger partial charge in [0.25, 0.3) is 0 Å². The topological polar surface area (TPSA) is 18.5 Å². The van der Waals surface area contributed by atoms with Crippen molar-refractivity contribution in [3.63, 3.8) is 0 Å². The summed E-state index contributed by atoms with van der Waals surface area (Å²) in [5.74, 6) is 0. The zero-order chi connectivity index (χ0) is 8.23. The van der Waals surface area contributed by atoms with Crippen molar-refractivity contribution < 1.29 is 9.31 Å². The van der Waals surface area contributed by atoms with Crippen LogP contribution >= 0.6 is 0 Å². The Morgan fingerprint density at radius 3 is 1.75 bits per heavy atom. The van der Waals surface area contributed by atoms with E-state index in [0.717, 1.165) is 0 Å². The Morgan fingerprint density at radius 1 is 0.917 bits per heavy atom. The van der Waals surface area contributed by atoms with E-state index in [-0.39, 0.29) is 18.3 Å². The molecule has 0 radical (unpaired) electrons. The first-order valence-corrected chi connectivity index (χ1v) is 5.12. The highest BCUT2D eigenvalue weighted by Crippen LogP contribution is 2.58. The van der Waals surface area contributed by atoms with Gasteiger partial charge in [-0.25, -0.2) is 0 Å². The molecule has 12 heavy (non-hydrogen) atoms. The molecule has 3 aliphatic rings. The molecule has 2 aliphatic carbocycles. The first-order valence-electron chi connectivity index (χ1n) is 5.12. The van der Waals surface area contributed by atoms with Crippen LogP contribution in [0.1, 0.15) is 38.5 Å². The van der Waals surface area contributed by atoms with Gasteiger partial charge in [0, 0.05) is 0 Å². The van der Waals surface area contributed by atoms with Gasteiger partial charge in [0.15, 0.2) is 0 Å². The first-order chi connectivity index (χ1) is 5.77. The lowest BCUT2D eigenvalue weighted by atomic mass is 9.90. The number of hydrogen-bond donors (Lipinski definition) is 0. The van der Waals surface area contributed by atoms with Crippen molar-refractivity contribution in [3.8, 4) is 0 Å². The molecule has 0 spiro atoms. The minimum absolute atomic E-state index is 0.0469. The van der Waals surface area contributed by atoms with Crippen molar-refractivity contribution in [1.29, 1.82) is 0 Å². The first kappa shape index (κ1) is 7.39. The molecule has 1 saturated heterocycles. The van der Waals surface area contributed by atoms with Crippen LogP contribution in [0.3, 0.4) is 0 Å². The molecule has 1 heterocycles. The maximum absolute atomic E-state index is 5.97. The molecule has 0 aromatic rings. The van der Waals surface area contributed by atoms with E-state index >= 15 is 0 Å². The van der Waals surface area contributed by atoms with E-state index in [0.29, 0.717) is 0 Å². The summed E-state index contributed by atoms with van der Waals surface area (Å²) in [6.07, 6.45) is 7.53. The van der Waals surface area contributed by atoms with E-state index in [4.69, 9.17) is 9.31 Å². The second kappa shape index (κ2) is 2.07. The van der Waals surface area contributed by atoms with E-state index in [9.17, 15) is 0 Å². The summed E-state index contributed by atoms with van der Waals surface area (Å²) in [5.41, 5.74) is 0.291. The van der Waals surface area contributed by atoms with Gasteiger partial charge in [-0.15, -0.1) is 0 Å². The SMILES string of the molecule is CB1OC23CCCC2(CCC3)O1. The molecule has 0 aromatic carbocycles. The maximum Gasteiger partial charge on any atom is 0.454 e. The van der Waals surface area contributed by atoms with E-state index in [1.54, 1.807) is 0 Å². The highest BCUT2D eigenvalue weighted by atomic mass is 16.7. The number of hydrogen-bond acceptors (Lipinski definition) is 2. The Balaban J connectivity index is 2.02. The van der Waals surface area contributed by atoms with Crippen LogP contribution < -0.4 is 0 Å². The van der Waals surface area contributed by atoms with Crippen LogP contribution in [-0.2, 0) is 9.31 Å². The molecular weight excluding hydrogens is 151 g/mol. The van der Waals surface area contributed by atoms with Crippen LogP contribution in [0, 0.1) is 0 Å². The fourth-order valence-electron chi connectivity index (χ4n) is 3.59. The average Bonchev–Trinajstić information content (AvgIpc) is 2.44. The molecular formula is C9H15BO2. The van der Waals surface area contributed by atoms with Gasteiger partial charge in [0.2, 0.25) is 0 Å². The van der Waals surface area contributed by atoms with Crippen molar-refractivity contribution in [3.05, 3.63) is 0 Å². The van der Waals surface area contributed by atoms with E-state index in [1.165, 1.54) is 38.5 Å². The predicted molar refractivity (Wildman–Crippen MR) is 47.0 cm³/mol. The summed E-state index contributed by atoms with van der Waals surface area (Å²) in [6, 6.07) is 0. The monoisotopic (exact) mass is 166 g/mol. The minimum atomic E-state index is 0.0469. The Bertz CT molecular complexity index is 187. The zero-order valence-electron chi connectivity index (χ0n) is 7.64. The lowest BCUT2D eigenvalue weighted by Gasteiger charge is -2.31. The molecule has 3 heteroatoms. The van der Waals surface area contributed by atoms with Crippen molar-refractivity contribution in [2.45, 2.75) is 56.6 Å². The van der Waals surface area contributed by atoms with Crippen LogP contribution in [0.15, 0.2) is 0 Å². The summed E-state index contributed by atoms with van der Waals surface area (Å²) in [5, 5.41) is 0. The second-order valence-corrected chi connectivity index (χ2v) is 4.50.